The third kappa shape index (κ3) is 2.47. The van der Waals surface area contributed by atoms with Crippen LogP contribution in [-0.2, 0) is 12.8 Å². The molecular formula is C15H14BrNS. The smallest absolute Gasteiger partial charge is 0.101 e. The molecule has 0 spiro atoms. The molecule has 0 N–H and O–H groups in total. The Bertz CT molecular complexity index is 595. The van der Waals surface area contributed by atoms with Crippen molar-refractivity contribution in [1.82, 2.24) is 4.98 Å². The Morgan fingerprint density at radius 2 is 2.00 bits per heavy atom. The number of pyridine rings is 1. The Balaban J connectivity index is 1.85. The number of aromatic nitrogens is 1. The molecule has 1 aromatic heterocycles. The van der Waals surface area contributed by atoms with Gasteiger partial charge in [0, 0.05) is 15.6 Å². The molecule has 0 unspecified atom stereocenters. The van der Waals surface area contributed by atoms with Gasteiger partial charge >= 0.3 is 0 Å². The Morgan fingerprint density at radius 1 is 1.17 bits per heavy atom. The minimum Gasteiger partial charge on any atom is -0.248 e. The maximum atomic E-state index is 4.44. The molecule has 3 heteroatoms. The lowest BCUT2D eigenvalue weighted by atomic mass is 10.1. The van der Waals surface area contributed by atoms with Gasteiger partial charge in [-0.1, -0.05) is 17.8 Å². The fraction of sp³-hybridized carbons (Fsp3) is 0.267. The Hall–Kier alpha value is -0.800. The van der Waals surface area contributed by atoms with Crippen molar-refractivity contribution in [2.24, 2.45) is 0 Å². The Kier molecular flexibility index (Phi) is 3.44. The zero-order valence-corrected chi connectivity index (χ0v) is 12.6. The fourth-order valence-corrected chi connectivity index (χ4v) is 3.44. The van der Waals surface area contributed by atoms with Crippen LogP contribution < -0.4 is 0 Å². The zero-order valence-electron chi connectivity index (χ0n) is 10.2. The van der Waals surface area contributed by atoms with Crippen LogP contribution in [0.25, 0.3) is 0 Å². The van der Waals surface area contributed by atoms with Crippen molar-refractivity contribution in [3.63, 3.8) is 0 Å². The van der Waals surface area contributed by atoms with Gasteiger partial charge in [0.1, 0.15) is 5.03 Å². The van der Waals surface area contributed by atoms with E-state index in [1.807, 2.05) is 6.20 Å². The average Bonchev–Trinajstić information content (AvgIpc) is 2.81. The minimum absolute atomic E-state index is 1.06. The van der Waals surface area contributed by atoms with Crippen LogP contribution in [0.15, 0.2) is 44.9 Å². The number of benzene rings is 1. The minimum atomic E-state index is 1.06. The van der Waals surface area contributed by atoms with E-state index in [4.69, 9.17) is 0 Å². The van der Waals surface area contributed by atoms with E-state index in [1.165, 1.54) is 40.8 Å². The van der Waals surface area contributed by atoms with Crippen LogP contribution in [0.2, 0.25) is 0 Å². The molecule has 1 aromatic carbocycles. The molecule has 1 nitrogen and oxygen atoms in total. The quantitative estimate of drug-likeness (QED) is 0.789. The summed E-state index contributed by atoms with van der Waals surface area (Å²) in [5, 5.41) is 1.06. The van der Waals surface area contributed by atoms with Crippen molar-refractivity contribution < 1.29 is 0 Å². The summed E-state index contributed by atoms with van der Waals surface area (Å²) in [6.45, 7) is 2.10. The second-order valence-corrected chi connectivity index (χ2v) is 6.61. The summed E-state index contributed by atoms with van der Waals surface area (Å²) in [5.74, 6) is 0. The molecule has 0 atom stereocenters. The SMILES string of the molecule is Cc1cc(Sc2ccc3c(c2)CCC3)ncc1Br. The van der Waals surface area contributed by atoms with Crippen LogP contribution in [0.3, 0.4) is 0 Å². The van der Waals surface area contributed by atoms with Crippen LogP contribution >= 0.6 is 27.7 Å². The van der Waals surface area contributed by atoms with Gasteiger partial charge in [0.25, 0.3) is 0 Å². The largest absolute Gasteiger partial charge is 0.248 e. The predicted octanol–water partition coefficient (Wildman–Crippen LogP) is 4.79. The van der Waals surface area contributed by atoms with Crippen LogP contribution in [0.4, 0.5) is 0 Å². The van der Waals surface area contributed by atoms with Gasteiger partial charge in [-0.15, -0.1) is 0 Å². The van der Waals surface area contributed by atoms with E-state index >= 15 is 0 Å². The number of aryl methyl sites for hydroxylation is 3. The van der Waals surface area contributed by atoms with Gasteiger partial charge in [-0.2, -0.15) is 0 Å². The summed E-state index contributed by atoms with van der Waals surface area (Å²) in [6.07, 6.45) is 5.66. The van der Waals surface area contributed by atoms with Crippen LogP contribution in [0, 0.1) is 6.92 Å². The lowest BCUT2D eigenvalue weighted by Crippen LogP contribution is -1.86. The predicted molar refractivity (Wildman–Crippen MR) is 79.3 cm³/mol. The van der Waals surface area contributed by atoms with Crippen molar-refractivity contribution >= 4 is 27.7 Å². The molecular weight excluding hydrogens is 306 g/mol. The van der Waals surface area contributed by atoms with E-state index in [-0.39, 0.29) is 0 Å². The van der Waals surface area contributed by atoms with Gasteiger partial charge in [-0.05, 0) is 77.0 Å². The van der Waals surface area contributed by atoms with Gasteiger partial charge in [0.15, 0.2) is 0 Å². The van der Waals surface area contributed by atoms with Crippen LogP contribution in [0.5, 0.6) is 0 Å². The van der Waals surface area contributed by atoms with E-state index in [1.54, 1.807) is 11.8 Å². The topological polar surface area (TPSA) is 12.9 Å². The monoisotopic (exact) mass is 319 g/mol. The second kappa shape index (κ2) is 5.06. The molecule has 0 saturated heterocycles. The Morgan fingerprint density at radius 3 is 2.83 bits per heavy atom. The number of rotatable bonds is 2. The fourth-order valence-electron chi connectivity index (χ4n) is 2.30. The normalized spacial score (nSPS) is 13.7. The number of hydrogen-bond donors (Lipinski definition) is 0. The summed E-state index contributed by atoms with van der Waals surface area (Å²) in [6, 6.07) is 8.94. The highest BCUT2D eigenvalue weighted by molar-refractivity contribution is 9.10. The molecule has 0 amide bonds. The molecule has 18 heavy (non-hydrogen) atoms. The van der Waals surface area contributed by atoms with Gasteiger partial charge in [0.05, 0.1) is 0 Å². The molecule has 2 aromatic rings. The van der Waals surface area contributed by atoms with E-state index in [9.17, 15) is 0 Å². The van der Waals surface area contributed by atoms with Gasteiger partial charge in [0.2, 0.25) is 0 Å². The molecule has 1 aliphatic carbocycles. The molecule has 3 rings (SSSR count). The first-order chi connectivity index (χ1) is 8.72. The average molecular weight is 320 g/mol. The number of hydrogen-bond acceptors (Lipinski definition) is 2. The van der Waals surface area contributed by atoms with Gasteiger partial charge in [-0.25, -0.2) is 4.98 Å². The van der Waals surface area contributed by atoms with E-state index in [0.29, 0.717) is 0 Å². The van der Waals surface area contributed by atoms with Crippen LogP contribution in [0.1, 0.15) is 23.1 Å². The molecule has 0 radical (unpaired) electrons. The summed E-state index contributed by atoms with van der Waals surface area (Å²) in [7, 11) is 0. The molecule has 92 valence electrons. The first-order valence-corrected chi connectivity index (χ1v) is 7.75. The standard InChI is InChI=1S/C15H14BrNS/c1-10-7-15(17-9-14(10)16)18-13-6-5-11-3-2-4-12(11)8-13/h5-9H,2-4H2,1H3. The van der Waals surface area contributed by atoms with Gasteiger partial charge < -0.3 is 0 Å². The molecule has 1 aliphatic rings. The van der Waals surface area contributed by atoms with Gasteiger partial charge in [-0.3, -0.25) is 0 Å². The molecule has 1 heterocycles. The van der Waals surface area contributed by atoms with Crippen molar-refractivity contribution in [2.45, 2.75) is 36.1 Å². The Labute approximate surface area is 120 Å². The maximum absolute atomic E-state index is 4.44. The van der Waals surface area contributed by atoms with E-state index in [0.717, 1.165) is 9.50 Å². The van der Waals surface area contributed by atoms with Crippen molar-refractivity contribution in [3.8, 4) is 0 Å². The van der Waals surface area contributed by atoms with E-state index < -0.39 is 0 Å². The molecule has 0 fully saturated rings. The van der Waals surface area contributed by atoms with Crippen LogP contribution in [-0.4, -0.2) is 4.98 Å². The summed E-state index contributed by atoms with van der Waals surface area (Å²) in [4.78, 5) is 5.74. The first kappa shape index (κ1) is 12.2. The number of fused-ring (bicyclic) bond motifs is 1. The summed E-state index contributed by atoms with van der Waals surface area (Å²) < 4.78 is 1.07. The third-order valence-corrected chi connectivity index (χ3v) is 5.07. The highest BCUT2D eigenvalue weighted by Crippen LogP contribution is 2.32. The third-order valence-electron chi connectivity index (χ3n) is 3.31. The highest BCUT2D eigenvalue weighted by Gasteiger charge is 2.11. The highest BCUT2D eigenvalue weighted by atomic mass is 79.9. The van der Waals surface area contributed by atoms with E-state index in [2.05, 4.69) is 52.1 Å². The zero-order chi connectivity index (χ0) is 12.5. The summed E-state index contributed by atoms with van der Waals surface area (Å²) in [5.41, 5.74) is 4.28. The summed E-state index contributed by atoms with van der Waals surface area (Å²) >= 11 is 5.23. The molecule has 0 aliphatic heterocycles. The second-order valence-electron chi connectivity index (χ2n) is 4.66. The molecule has 0 saturated carbocycles. The van der Waals surface area contributed by atoms with Crippen molar-refractivity contribution in [2.75, 3.05) is 0 Å². The van der Waals surface area contributed by atoms with Crippen molar-refractivity contribution in [1.29, 1.82) is 0 Å². The van der Waals surface area contributed by atoms with Crippen molar-refractivity contribution in [3.05, 3.63) is 51.6 Å². The molecule has 0 bridgehead atoms. The lowest BCUT2D eigenvalue weighted by molar-refractivity contribution is 0.911. The lowest BCUT2D eigenvalue weighted by Gasteiger charge is -2.05. The number of nitrogens with zero attached hydrogens (tertiary/aromatic N) is 1. The maximum Gasteiger partial charge on any atom is 0.101 e. The first-order valence-electron chi connectivity index (χ1n) is 6.14. The number of halogens is 1.